The zero-order chi connectivity index (χ0) is 12.6. The summed E-state index contributed by atoms with van der Waals surface area (Å²) >= 11 is 0. The molecule has 1 aliphatic rings. The highest BCUT2D eigenvalue weighted by atomic mass is 16.2. The Bertz CT molecular complexity index is 477. The summed E-state index contributed by atoms with van der Waals surface area (Å²) in [6.07, 6.45) is 0.304. The minimum absolute atomic E-state index is 0.0404. The lowest BCUT2D eigenvalue weighted by molar-refractivity contribution is -0.122. The molecule has 0 saturated heterocycles. The van der Waals surface area contributed by atoms with Crippen molar-refractivity contribution in [3.05, 3.63) is 34.9 Å². The lowest BCUT2D eigenvalue weighted by atomic mass is 9.95. The van der Waals surface area contributed by atoms with Gasteiger partial charge in [0.05, 0.1) is 5.92 Å². The number of carbonyl (C=O) groups is 2. The maximum absolute atomic E-state index is 12.1. The first-order valence-corrected chi connectivity index (χ1v) is 5.93. The third-order valence-electron chi connectivity index (χ3n) is 3.11. The Morgan fingerprint density at radius 1 is 1.41 bits per heavy atom. The van der Waals surface area contributed by atoms with Gasteiger partial charge >= 0.3 is 0 Å². The molecule has 0 bridgehead atoms. The standard InChI is InChI=1S/C14H17NO2/c1-8(2)15-14(17)11-7-12(16)10-6-4-5-9(3)13(10)11/h4-6,8,11H,7H2,1-3H3,(H,15,17). The Morgan fingerprint density at radius 3 is 2.76 bits per heavy atom. The maximum Gasteiger partial charge on any atom is 0.228 e. The predicted octanol–water partition coefficient (Wildman–Crippen LogP) is 2.19. The topological polar surface area (TPSA) is 46.2 Å². The lowest BCUT2D eigenvalue weighted by Gasteiger charge is -2.15. The molecule has 1 amide bonds. The van der Waals surface area contributed by atoms with Crippen molar-refractivity contribution in [1.82, 2.24) is 5.32 Å². The summed E-state index contributed by atoms with van der Waals surface area (Å²) < 4.78 is 0. The molecule has 0 heterocycles. The summed E-state index contributed by atoms with van der Waals surface area (Å²) in [6.45, 7) is 5.80. The van der Waals surface area contributed by atoms with Crippen LogP contribution in [0.3, 0.4) is 0 Å². The molecule has 1 aliphatic carbocycles. The second-order valence-electron chi connectivity index (χ2n) is 4.88. The fourth-order valence-corrected chi connectivity index (χ4v) is 2.39. The smallest absolute Gasteiger partial charge is 0.228 e. The Labute approximate surface area is 101 Å². The molecule has 0 fully saturated rings. The van der Waals surface area contributed by atoms with Crippen molar-refractivity contribution >= 4 is 11.7 Å². The number of Topliss-reactive ketones (excluding diaryl/α,β-unsaturated/α-hetero) is 1. The number of rotatable bonds is 2. The number of fused-ring (bicyclic) bond motifs is 1. The lowest BCUT2D eigenvalue weighted by Crippen LogP contribution is -2.34. The van der Waals surface area contributed by atoms with E-state index < -0.39 is 0 Å². The fourth-order valence-electron chi connectivity index (χ4n) is 2.39. The van der Waals surface area contributed by atoms with E-state index in [1.54, 1.807) is 0 Å². The molecule has 1 N–H and O–H groups in total. The quantitative estimate of drug-likeness (QED) is 0.848. The van der Waals surface area contributed by atoms with Gasteiger partial charge in [0, 0.05) is 18.0 Å². The zero-order valence-corrected chi connectivity index (χ0v) is 10.4. The van der Waals surface area contributed by atoms with Gasteiger partial charge in [0.1, 0.15) is 0 Å². The van der Waals surface area contributed by atoms with E-state index in [-0.39, 0.29) is 23.7 Å². The molecule has 0 aromatic heterocycles. The van der Waals surface area contributed by atoms with Gasteiger partial charge in [-0.3, -0.25) is 9.59 Å². The van der Waals surface area contributed by atoms with Crippen LogP contribution >= 0.6 is 0 Å². The fraction of sp³-hybridized carbons (Fsp3) is 0.429. The highest BCUT2D eigenvalue weighted by Crippen LogP contribution is 2.35. The van der Waals surface area contributed by atoms with Crippen LogP contribution in [0.1, 0.15) is 47.7 Å². The molecule has 0 spiro atoms. The molecule has 1 aromatic rings. The van der Waals surface area contributed by atoms with E-state index in [1.807, 2.05) is 39.0 Å². The van der Waals surface area contributed by atoms with Crippen LogP contribution < -0.4 is 5.32 Å². The van der Waals surface area contributed by atoms with E-state index in [9.17, 15) is 9.59 Å². The highest BCUT2D eigenvalue weighted by Gasteiger charge is 2.35. The van der Waals surface area contributed by atoms with Crippen LogP contribution in [0, 0.1) is 6.92 Å². The molecular weight excluding hydrogens is 214 g/mol. The van der Waals surface area contributed by atoms with Crippen LogP contribution in [-0.2, 0) is 4.79 Å². The van der Waals surface area contributed by atoms with Crippen molar-refractivity contribution in [3.8, 4) is 0 Å². The van der Waals surface area contributed by atoms with Crippen molar-refractivity contribution in [2.24, 2.45) is 0 Å². The Kier molecular flexibility index (Phi) is 3.01. The van der Waals surface area contributed by atoms with Gasteiger partial charge < -0.3 is 5.32 Å². The summed E-state index contributed by atoms with van der Waals surface area (Å²) in [5.41, 5.74) is 2.65. The molecule has 3 nitrogen and oxygen atoms in total. The van der Waals surface area contributed by atoms with Crippen LogP contribution in [-0.4, -0.2) is 17.7 Å². The van der Waals surface area contributed by atoms with Crippen LogP contribution in [0.2, 0.25) is 0 Å². The number of benzene rings is 1. The van der Waals surface area contributed by atoms with E-state index in [0.29, 0.717) is 12.0 Å². The minimum Gasteiger partial charge on any atom is -0.353 e. The molecule has 1 atom stereocenters. The molecule has 3 heteroatoms. The van der Waals surface area contributed by atoms with Crippen molar-refractivity contribution in [2.45, 2.75) is 39.2 Å². The van der Waals surface area contributed by atoms with E-state index >= 15 is 0 Å². The van der Waals surface area contributed by atoms with Crippen molar-refractivity contribution in [1.29, 1.82) is 0 Å². The number of hydrogen-bond donors (Lipinski definition) is 1. The van der Waals surface area contributed by atoms with E-state index in [4.69, 9.17) is 0 Å². The average molecular weight is 231 g/mol. The molecule has 0 saturated carbocycles. The summed E-state index contributed by atoms with van der Waals surface area (Å²) in [7, 11) is 0. The van der Waals surface area contributed by atoms with Gasteiger partial charge in [-0.05, 0) is 31.9 Å². The summed E-state index contributed by atoms with van der Waals surface area (Å²) in [6, 6.07) is 5.74. The van der Waals surface area contributed by atoms with Crippen LogP contribution in [0.5, 0.6) is 0 Å². The first kappa shape index (κ1) is 11.8. The minimum atomic E-state index is -0.305. The van der Waals surface area contributed by atoms with Gasteiger partial charge in [0.25, 0.3) is 0 Å². The Balaban J connectivity index is 2.36. The summed E-state index contributed by atoms with van der Waals surface area (Å²) in [4.78, 5) is 23.9. The second-order valence-corrected chi connectivity index (χ2v) is 4.88. The Morgan fingerprint density at radius 2 is 2.12 bits per heavy atom. The zero-order valence-electron chi connectivity index (χ0n) is 10.4. The van der Waals surface area contributed by atoms with Gasteiger partial charge in [0.15, 0.2) is 5.78 Å². The van der Waals surface area contributed by atoms with Crippen molar-refractivity contribution < 1.29 is 9.59 Å². The third-order valence-corrected chi connectivity index (χ3v) is 3.11. The Hall–Kier alpha value is -1.64. The first-order chi connectivity index (χ1) is 8.00. The van der Waals surface area contributed by atoms with Crippen molar-refractivity contribution in [2.75, 3.05) is 0 Å². The number of nitrogens with one attached hydrogen (secondary N) is 1. The van der Waals surface area contributed by atoms with Gasteiger partial charge in [-0.2, -0.15) is 0 Å². The predicted molar refractivity (Wildman–Crippen MR) is 66.1 cm³/mol. The van der Waals surface area contributed by atoms with Crippen LogP contribution in [0.4, 0.5) is 0 Å². The normalized spacial score (nSPS) is 18.4. The number of hydrogen-bond acceptors (Lipinski definition) is 2. The molecular formula is C14H17NO2. The van der Waals surface area contributed by atoms with Crippen LogP contribution in [0.15, 0.2) is 18.2 Å². The van der Waals surface area contributed by atoms with Gasteiger partial charge in [-0.15, -0.1) is 0 Å². The molecule has 17 heavy (non-hydrogen) atoms. The number of ketones is 1. The average Bonchev–Trinajstić information content (AvgIpc) is 2.57. The van der Waals surface area contributed by atoms with Gasteiger partial charge in [-0.25, -0.2) is 0 Å². The van der Waals surface area contributed by atoms with Gasteiger partial charge in [0.2, 0.25) is 5.91 Å². The number of aryl methyl sites for hydroxylation is 1. The van der Waals surface area contributed by atoms with E-state index in [0.717, 1.165) is 11.1 Å². The summed E-state index contributed by atoms with van der Waals surface area (Å²) in [5, 5.41) is 2.88. The molecule has 2 rings (SSSR count). The van der Waals surface area contributed by atoms with Crippen molar-refractivity contribution in [3.63, 3.8) is 0 Å². The maximum atomic E-state index is 12.1. The molecule has 1 unspecified atom stereocenters. The van der Waals surface area contributed by atoms with Crippen LogP contribution in [0.25, 0.3) is 0 Å². The number of carbonyl (C=O) groups excluding carboxylic acids is 2. The monoisotopic (exact) mass is 231 g/mol. The second kappa shape index (κ2) is 4.32. The SMILES string of the molecule is Cc1cccc2c1C(C(=O)NC(C)C)CC2=O. The van der Waals surface area contributed by atoms with E-state index in [1.165, 1.54) is 0 Å². The first-order valence-electron chi connectivity index (χ1n) is 5.93. The van der Waals surface area contributed by atoms with E-state index in [2.05, 4.69) is 5.32 Å². The van der Waals surface area contributed by atoms with Gasteiger partial charge in [-0.1, -0.05) is 18.2 Å². The summed E-state index contributed by atoms with van der Waals surface area (Å²) in [5.74, 6) is -0.268. The largest absolute Gasteiger partial charge is 0.353 e. The number of amides is 1. The molecule has 90 valence electrons. The third kappa shape index (κ3) is 2.09. The molecule has 1 aromatic carbocycles. The highest BCUT2D eigenvalue weighted by molar-refractivity contribution is 6.07. The molecule has 0 aliphatic heterocycles. The molecule has 0 radical (unpaired) electrons.